The molecule has 0 aliphatic carbocycles. The molecule has 0 radical (unpaired) electrons. The highest BCUT2D eigenvalue weighted by atomic mass is 32.1. The Labute approximate surface area is 153 Å². The summed E-state index contributed by atoms with van der Waals surface area (Å²) < 4.78 is 8.41. The van der Waals surface area contributed by atoms with Crippen LogP contribution in [-0.4, -0.2) is 41.9 Å². The van der Waals surface area contributed by atoms with Crippen molar-refractivity contribution in [3.05, 3.63) is 59.8 Å². The number of carbonyl (C=O) groups excluding carboxylic acids is 1. The van der Waals surface area contributed by atoms with Crippen LogP contribution in [-0.2, 0) is 6.54 Å². The number of aromatic nitrogens is 4. The molecule has 0 saturated carbocycles. The lowest BCUT2D eigenvalue weighted by molar-refractivity contribution is 0.0779. The molecule has 7 nitrogen and oxygen atoms in total. The van der Waals surface area contributed by atoms with Gasteiger partial charge in [-0.05, 0) is 48.0 Å². The average molecular weight is 365 g/mol. The Balaban J connectivity index is 1.50. The van der Waals surface area contributed by atoms with Crippen molar-refractivity contribution in [3.8, 4) is 17.0 Å². The number of aromatic amines is 1. The molecule has 26 heavy (non-hydrogen) atoms. The number of amides is 1. The van der Waals surface area contributed by atoms with Gasteiger partial charge in [0.1, 0.15) is 22.5 Å². The molecule has 0 aliphatic rings. The van der Waals surface area contributed by atoms with Crippen LogP contribution in [0.25, 0.3) is 22.3 Å². The lowest BCUT2D eigenvalue weighted by atomic mass is 10.1. The Morgan fingerprint density at radius 1 is 1.12 bits per heavy atom. The second kappa shape index (κ2) is 6.57. The molecule has 0 spiro atoms. The van der Waals surface area contributed by atoms with Gasteiger partial charge < -0.3 is 10.0 Å². The number of phenols is 1. The average Bonchev–Trinajstić information content (AvgIpc) is 3.30. The van der Waals surface area contributed by atoms with Gasteiger partial charge in [0.15, 0.2) is 0 Å². The molecule has 130 valence electrons. The van der Waals surface area contributed by atoms with E-state index in [4.69, 9.17) is 0 Å². The number of fused-ring (bicyclic) bond motifs is 1. The summed E-state index contributed by atoms with van der Waals surface area (Å²) in [6.45, 7) is 0.458. The molecule has 1 amide bonds. The van der Waals surface area contributed by atoms with Crippen LogP contribution in [0.4, 0.5) is 0 Å². The van der Waals surface area contributed by atoms with Crippen LogP contribution in [0, 0.1) is 0 Å². The number of aromatic hydroxyl groups is 1. The fraction of sp³-hybridized carbons (Fsp3) is 0.111. The summed E-state index contributed by atoms with van der Waals surface area (Å²) in [7, 11) is 1.74. The van der Waals surface area contributed by atoms with E-state index >= 15 is 0 Å². The van der Waals surface area contributed by atoms with E-state index in [-0.39, 0.29) is 11.7 Å². The summed E-state index contributed by atoms with van der Waals surface area (Å²) in [6, 6.07) is 14.2. The molecule has 2 aromatic heterocycles. The molecule has 0 aliphatic heterocycles. The predicted octanol–water partition coefficient (Wildman–Crippen LogP) is 3.06. The summed E-state index contributed by atoms with van der Waals surface area (Å²) in [6.07, 6.45) is 0. The molecule has 4 rings (SSSR count). The third-order valence-corrected chi connectivity index (χ3v) is 4.61. The third kappa shape index (κ3) is 3.14. The molecular formula is C18H15N5O2S. The lowest BCUT2D eigenvalue weighted by Crippen LogP contribution is -2.26. The van der Waals surface area contributed by atoms with Gasteiger partial charge in [0.25, 0.3) is 5.91 Å². The summed E-state index contributed by atoms with van der Waals surface area (Å²) in [5.41, 5.74) is 4.56. The van der Waals surface area contributed by atoms with E-state index in [1.807, 2.05) is 18.2 Å². The minimum Gasteiger partial charge on any atom is -0.508 e. The van der Waals surface area contributed by atoms with Gasteiger partial charge >= 0.3 is 0 Å². The first kappa shape index (κ1) is 16.2. The molecule has 0 bridgehead atoms. The van der Waals surface area contributed by atoms with E-state index in [2.05, 4.69) is 18.9 Å². The van der Waals surface area contributed by atoms with Crippen molar-refractivity contribution in [3.63, 3.8) is 0 Å². The molecule has 4 aromatic rings. The zero-order valence-corrected chi connectivity index (χ0v) is 14.7. The highest BCUT2D eigenvalue weighted by Crippen LogP contribution is 2.21. The van der Waals surface area contributed by atoms with E-state index < -0.39 is 0 Å². The zero-order valence-electron chi connectivity index (χ0n) is 13.9. The van der Waals surface area contributed by atoms with Gasteiger partial charge in [0.2, 0.25) is 0 Å². The number of rotatable bonds is 4. The van der Waals surface area contributed by atoms with Crippen LogP contribution in [0.15, 0.2) is 48.5 Å². The van der Waals surface area contributed by atoms with E-state index in [0.717, 1.165) is 22.2 Å². The highest BCUT2D eigenvalue weighted by molar-refractivity contribution is 7.00. The van der Waals surface area contributed by atoms with Gasteiger partial charge in [-0.1, -0.05) is 6.07 Å². The van der Waals surface area contributed by atoms with Gasteiger partial charge in [-0.15, -0.1) is 0 Å². The summed E-state index contributed by atoms with van der Waals surface area (Å²) in [5.74, 6) is 0.0339. The van der Waals surface area contributed by atoms with Crippen molar-refractivity contribution < 1.29 is 9.90 Å². The van der Waals surface area contributed by atoms with Gasteiger partial charge in [0, 0.05) is 19.2 Å². The van der Waals surface area contributed by atoms with Gasteiger partial charge in [0.05, 0.1) is 17.4 Å². The van der Waals surface area contributed by atoms with Crippen LogP contribution in [0.1, 0.15) is 16.1 Å². The number of carbonyl (C=O) groups is 1. The highest BCUT2D eigenvalue weighted by Gasteiger charge is 2.16. The SMILES string of the molecule is CN(Cc1ccc2nsnc2c1)C(=O)c1cc(-c2ccc(O)cc2)n[nH]1. The smallest absolute Gasteiger partial charge is 0.271 e. The Bertz CT molecular complexity index is 1070. The summed E-state index contributed by atoms with van der Waals surface area (Å²) in [4.78, 5) is 14.3. The molecule has 2 heterocycles. The molecular weight excluding hydrogens is 350 g/mol. The first-order valence-electron chi connectivity index (χ1n) is 7.91. The predicted molar refractivity (Wildman–Crippen MR) is 98.9 cm³/mol. The van der Waals surface area contributed by atoms with Crippen molar-refractivity contribution >= 4 is 28.7 Å². The number of H-pyrrole nitrogens is 1. The number of nitrogens with zero attached hydrogens (tertiary/aromatic N) is 4. The fourth-order valence-corrected chi connectivity index (χ4v) is 3.21. The molecule has 2 aromatic carbocycles. The van der Waals surface area contributed by atoms with Crippen LogP contribution >= 0.6 is 11.7 Å². The Kier molecular flexibility index (Phi) is 4.10. The molecule has 0 saturated heterocycles. The summed E-state index contributed by atoms with van der Waals surface area (Å²) >= 11 is 1.18. The second-order valence-corrected chi connectivity index (χ2v) is 6.49. The topological polar surface area (TPSA) is 95.0 Å². The molecule has 8 heteroatoms. The van der Waals surface area contributed by atoms with Crippen molar-refractivity contribution in [2.75, 3.05) is 7.05 Å². The second-order valence-electron chi connectivity index (χ2n) is 5.96. The molecule has 0 unspecified atom stereocenters. The van der Waals surface area contributed by atoms with Gasteiger partial charge in [-0.25, -0.2) is 0 Å². The monoisotopic (exact) mass is 365 g/mol. The Morgan fingerprint density at radius 3 is 2.69 bits per heavy atom. The molecule has 2 N–H and O–H groups in total. The molecule has 0 fully saturated rings. The third-order valence-electron chi connectivity index (χ3n) is 4.06. The minimum absolute atomic E-state index is 0.154. The van der Waals surface area contributed by atoms with E-state index in [1.165, 1.54) is 11.7 Å². The Morgan fingerprint density at radius 2 is 1.88 bits per heavy atom. The number of hydrogen-bond donors (Lipinski definition) is 2. The van der Waals surface area contributed by atoms with Crippen molar-refractivity contribution in [1.82, 2.24) is 23.8 Å². The maximum absolute atomic E-state index is 12.7. The number of benzene rings is 2. The number of hydrogen-bond acceptors (Lipinski definition) is 6. The first-order chi connectivity index (χ1) is 12.6. The fourth-order valence-electron chi connectivity index (χ4n) is 2.69. The van der Waals surface area contributed by atoms with Crippen molar-refractivity contribution in [2.45, 2.75) is 6.54 Å². The van der Waals surface area contributed by atoms with E-state index in [0.29, 0.717) is 17.9 Å². The zero-order chi connectivity index (χ0) is 18.1. The Hall–Kier alpha value is -3.26. The first-order valence-corrected chi connectivity index (χ1v) is 8.64. The minimum atomic E-state index is -0.154. The van der Waals surface area contributed by atoms with E-state index in [1.54, 1.807) is 42.3 Å². The number of nitrogens with one attached hydrogen (secondary N) is 1. The largest absolute Gasteiger partial charge is 0.508 e. The van der Waals surface area contributed by atoms with Crippen LogP contribution in [0.3, 0.4) is 0 Å². The van der Waals surface area contributed by atoms with Gasteiger partial charge in [-0.2, -0.15) is 13.8 Å². The lowest BCUT2D eigenvalue weighted by Gasteiger charge is -2.16. The van der Waals surface area contributed by atoms with E-state index in [9.17, 15) is 9.90 Å². The maximum Gasteiger partial charge on any atom is 0.271 e. The molecule has 0 atom stereocenters. The standard InChI is InChI=1S/C18H15N5O2S/c1-23(10-11-2-7-14-16(8-11)22-26-21-14)18(25)17-9-15(19-20-17)12-3-5-13(24)6-4-12/h2-9,24H,10H2,1H3,(H,19,20). The van der Waals surface area contributed by atoms with Crippen LogP contribution in [0.5, 0.6) is 5.75 Å². The van der Waals surface area contributed by atoms with Crippen LogP contribution < -0.4 is 0 Å². The summed E-state index contributed by atoms with van der Waals surface area (Å²) in [5, 5.41) is 16.3. The maximum atomic E-state index is 12.7. The normalized spacial score (nSPS) is 11.0. The van der Waals surface area contributed by atoms with Crippen LogP contribution in [0.2, 0.25) is 0 Å². The van der Waals surface area contributed by atoms with Crippen molar-refractivity contribution in [2.24, 2.45) is 0 Å². The quantitative estimate of drug-likeness (QED) is 0.579. The number of phenolic OH excluding ortho intramolecular Hbond substituents is 1. The van der Waals surface area contributed by atoms with Gasteiger partial charge in [-0.3, -0.25) is 9.89 Å². The van der Waals surface area contributed by atoms with Crippen molar-refractivity contribution in [1.29, 1.82) is 0 Å².